The number of ketones is 1. The van der Waals surface area contributed by atoms with E-state index < -0.39 is 5.82 Å². The number of carbonyl (C=O) groups excluding carboxylic acids is 1. The number of aryl methyl sites for hydroxylation is 1. The molecule has 0 unspecified atom stereocenters. The third-order valence-electron chi connectivity index (χ3n) is 2.91. The summed E-state index contributed by atoms with van der Waals surface area (Å²) in [7, 11) is 0. The van der Waals surface area contributed by atoms with Crippen molar-refractivity contribution >= 4 is 17.4 Å². The second-order valence-electron chi connectivity index (χ2n) is 4.27. The molecule has 0 bridgehead atoms. The molecule has 19 heavy (non-hydrogen) atoms. The zero-order chi connectivity index (χ0) is 14.0. The Balaban J connectivity index is 2.28. The minimum absolute atomic E-state index is 0.0172. The Morgan fingerprint density at radius 1 is 1.21 bits per heavy atom. The normalized spacial score (nSPS) is 10.5. The SMILES string of the molecule is Cc1cc(F)ccc1CC(=O)c1cccc(Cl)c1F. The molecule has 0 aliphatic rings. The van der Waals surface area contributed by atoms with Crippen LogP contribution in [0.2, 0.25) is 5.02 Å². The molecule has 4 heteroatoms. The zero-order valence-electron chi connectivity index (χ0n) is 10.2. The average Bonchev–Trinajstić information content (AvgIpc) is 2.36. The first kappa shape index (κ1) is 13.7. The summed E-state index contributed by atoms with van der Waals surface area (Å²) in [6, 6.07) is 8.46. The highest BCUT2D eigenvalue weighted by atomic mass is 35.5. The van der Waals surface area contributed by atoms with Gasteiger partial charge >= 0.3 is 0 Å². The van der Waals surface area contributed by atoms with Crippen molar-refractivity contribution in [3.63, 3.8) is 0 Å². The van der Waals surface area contributed by atoms with E-state index in [4.69, 9.17) is 11.6 Å². The van der Waals surface area contributed by atoms with Gasteiger partial charge in [0, 0.05) is 6.42 Å². The monoisotopic (exact) mass is 280 g/mol. The second-order valence-corrected chi connectivity index (χ2v) is 4.68. The van der Waals surface area contributed by atoms with Crippen molar-refractivity contribution in [2.24, 2.45) is 0 Å². The van der Waals surface area contributed by atoms with Gasteiger partial charge < -0.3 is 0 Å². The van der Waals surface area contributed by atoms with Crippen molar-refractivity contribution in [3.8, 4) is 0 Å². The minimum atomic E-state index is -0.714. The van der Waals surface area contributed by atoms with Gasteiger partial charge in [0.25, 0.3) is 0 Å². The molecule has 0 aromatic heterocycles. The van der Waals surface area contributed by atoms with E-state index in [1.54, 1.807) is 6.92 Å². The molecule has 0 N–H and O–H groups in total. The average molecular weight is 281 g/mol. The van der Waals surface area contributed by atoms with Gasteiger partial charge in [-0.2, -0.15) is 0 Å². The topological polar surface area (TPSA) is 17.1 Å². The van der Waals surface area contributed by atoms with Crippen LogP contribution in [-0.4, -0.2) is 5.78 Å². The van der Waals surface area contributed by atoms with Crippen LogP contribution in [0.3, 0.4) is 0 Å². The molecule has 2 aromatic carbocycles. The van der Waals surface area contributed by atoms with Crippen LogP contribution in [-0.2, 0) is 6.42 Å². The fraction of sp³-hybridized carbons (Fsp3) is 0.133. The van der Waals surface area contributed by atoms with Crippen molar-refractivity contribution < 1.29 is 13.6 Å². The van der Waals surface area contributed by atoms with E-state index in [9.17, 15) is 13.6 Å². The maximum absolute atomic E-state index is 13.7. The Morgan fingerprint density at radius 3 is 2.63 bits per heavy atom. The van der Waals surface area contributed by atoms with Gasteiger partial charge in [0.1, 0.15) is 5.82 Å². The molecule has 0 radical (unpaired) electrons. The van der Waals surface area contributed by atoms with E-state index in [1.165, 1.54) is 36.4 Å². The highest BCUT2D eigenvalue weighted by Crippen LogP contribution is 2.20. The molecule has 0 aliphatic heterocycles. The van der Waals surface area contributed by atoms with Gasteiger partial charge in [-0.1, -0.05) is 23.7 Å². The Bertz CT molecular complexity index is 638. The van der Waals surface area contributed by atoms with Gasteiger partial charge in [-0.05, 0) is 42.3 Å². The highest BCUT2D eigenvalue weighted by Gasteiger charge is 2.15. The number of hydrogen-bond acceptors (Lipinski definition) is 1. The van der Waals surface area contributed by atoms with Gasteiger partial charge in [0.05, 0.1) is 10.6 Å². The van der Waals surface area contributed by atoms with E-state index in [-0.39, 0.29) is 28.6 Å². The lowest BCUT2D eigenvalue weighted by Gasteiger charge is -2.07. The fourth-order valence-corrected chi connectivity index (χ4v) is 2.02. The van der Waals surface area contributed by atoms with Crippen molar-refractivity contribution in [3.05, 3.63) is 69.7 Å². The summed E-state index contributed by atoms with van der Waals surface area (Å²) in [5, 5.41) is -0.0818. The lowest BCUT2D eigenvalue weighted by Crippen LogP contribution is -2.07. The van der Waals surface area contributed by atoms with Crippen LogP contribution in [0.4, 0.5) is 8.78 Å². The van der Waals surface area contributed by atoms with Gasteiger partial charge in [0.2, 0.25) is 0 Å². The van der Waals surface area contributed by atoms with E-state index in [1.807, 2.05) is 0 Å². The highest BCUT2D eigenvalue weighted by molar-refractivity contribution is 6.31. The molecule has 0 fully saturated rings. The summed E-state index contributed by atoms with van der Waals surface area (Å²) < 4.78 is 26.7. The maximum atomic E-state index is 13.7. The third kappa shape index (κ3) is 2.99. The molecule has 0 saturated carbocycles. The number of hydrogen-bond donors (Lipinski definition) is 0. The van der Waals surface area contributed by atoms with Crippen molar-refractivity contribution in [1.82, 2.24) is 0 Å². The van der Waals surface area contributed by atoms with Crippen molar-refractivity contribution in [2.45, 2.75) is 13.3 Å². The minimum Gasteiger partial charge on any atom is -0.294 e. The molecule has 0 amide bonds. The summed E-state index contributed by atoms with van der Waals surface area (Å²) in [5.74, 6) is -1.45. The Kier molecular flexibility index (Phi) is 3.96. The number of rotatable bonds is 3. The van der Waals surface area contributed by atoms with Crippen LogP contribution in [0.25, 0.3) is 0 Å². The van der Waals surface area contributed by atoms with E-state index >= 15 is 0 Å². The van der Waals surface area contributed by atoms with Gasteiger partial charge in [-0.3, -0.25) is 4.79 Å². The van der Waals surface area contributed by atoms with E-state index in [0.717, 1.165) is 0 Å². The summed E-state index contributed by atoms with van der Waals surface area (Å²) in [5.41, 5.74) is 1.29. The first-order valence-corrected chi connectivity index (χ1v) is 6.09. The molecule has 0 saturated heterocycles. The van der Waals surface area contributed by atoms with Crippen LogP contribution in [0, 0.1) is 18.6 Å². The first-order chi connectivity index (χ1) is 8.99. The second kappa shape index (κ2) is 5.49. The predicted molar refractivity (Wildman–Crippen MR) is 70.6 cm³/mol. The number of carbonyl (C=O) groups is 1. The van der Waals surface area contributed by atoms with Crippen LogP contribution >= 0.6 is 11.6 Å². The molecule has 0 heterocycles. The standard InChI is InChI=1S/C15H11ClF2O/c1-9-7-11(17)6-5-10(9)8-14(19)12-3-2-4-13(16)15(12)18/h2-7H,8H2,1H3. The van der Waals surface area contributed by atoms with Gasteiger partial charge in [0.15, 0.2) is 11.6 Å². The summed E-state index contributed by atoms with van der Waals surface area (Å²) in [4.78, 5) is 12.0. The molecule has 0 spiro atoms. The molecular weight excluding hydrogens is 270 g/mol. The van der Waals surface area contributed by atoms with Crippen LogP contribution < -0.4 is 0 Å². The molecular formula is C15H11ClF2O. The smallest absolute Gasteiger partial charge is 0.170 e. The van der Waals surface area contributed by atoms with Crippen molar-refractivity contribution in [1.29, 1.82) is 0 Å². The molecule has 2 aromatic rings. The quantitative estimate of drug-likeness (QED) is 0.764. The largest absolute Gasteiger partial charge is 0.294 e. The summed E-state index contributed by atoms with van der Waals surface area (Å²) >= 11 is 5.64. The van der Waals surface area contributed by atoms with Crippen LogP contribution in [0.5, 0.6) is 0 Å². The van der Waals surface area contributed by atoms with Crippen LogP contribution in [0.1, 0.15) is 21.5 Å². The van der Waals surface area contributed by atoms with Crippen LogP contribution in [0.15, 0.2) is 36.4 Å². The first-order valence-electron chi connectivity index (χ1n) is 5.71. The molecule has 2 rings (SSSR count). The van der Waals surface area contributed by atoms with Gasteiger partial charge in [-0.25, -0.2) is 8.78 Å². The van der Waals surface area contributed by atoms with Crippen molar-refractivity contribution in [2.75, 3.05) is 0 Å². The van der Waals surface area contributed by atoms with Gasteiger partial charge in [-0.15, -0.1) is 0 Å². The lowest BCUT2D eigenvalue weighted by atomic mass is 9.99. The Labute approximate surface area is 114 Å². The molecule has 0 atom stereocenters. The third-order valence-corrected chi connectivity index (χ3v) is 3.20. The molecule has 0 aliphatic carbocycles. The fourth-order valence-electron chi connectivity index (χ4n) is 1.84. The zero-order valence-corrected chi connectivity index (χ0v) is 11.0. The number of benzene rings is 2. The Hall–Kier alpha value is -1.74. The lowest BCUT2D eigenvalue weighted by molar-refractivity contribution is 0.0989. The Morgan fingerprint density at radius 2 is 1.95 bits per heavy atom. The number of Topliss-reactive ketones (excluding diaryl/α,β-unsaturated/α-hetero) is 1. The predicted octanol–water partition coefficient (Wildman–Crippen LogP) is 4.35. The molecule has 98 valence electrons. The van der Waals surface area contributed by atoms with E-state index in [0.29, 0.717) is 11.1 Å². The summed E-state index contributed by atoms with van der Waals surface area (Å²) in [6.45, 7) is 1.71. The van der Waals surface area contributed by atoms with E-state index in [2.05, 4.69) is 0 Å². The molecule has 1 nitrogen and oxygen atoms in total. The summed E-state index contributed by atoms with van der Waals surface area (Å²) in [6.07, 6.45) is 0.0172. The number of halogens is 3. The maximum Gasteiger partial charge on any atom is 0.170 e.